The largest absolute Gasteiger partial charge is 0.451 e. The fraction of sp³-hybridized carbons (Fsp3) is 0.375. The SMILES string of the molecule is Cc1cc(C)n(CC2(c3ccccc3)OC(=O)C2C)n1. The number of esters is 1. The summed E-state index contributed by atoms with van der Waals surface area (Å²) in [5.41, 5.74) is 2.48. The zero-order valence-electron chi connectivity index (χ0n) is 12.0. The summed E-state index contributed by atoms with van der Waals surface area (Å²) in [7, 11) is 0. The minimum Gasteiger partial charge on any atom is -0.451 e. The molecule has 2 heterocycles. The van der Waals surface area contributed by atoms with Crippen LogP contribution in [-0.2, 0) is 21.7 Å². The number of carbonyl (C=O) groups excluding carboxylic acids is 1. The molecule has 1 saturated heterocycles. The van der Waals surface area contributed by atoms with Gasteiger partial charge in [0.25, 0.3) is 0 Å². The van der Waals surface area contributed by atoms with Gasteiger partial charge >= 0.3 is 5.97 Å². The molecule has 104 valence electrons. The minimum absolute atomic E-state index is 0.143. The highest BCUT2D eigenvalue weighted by atomic mass is 16.6. The van der Waals surface area contributed by atoms with Gasteiger partial charge < -0.3 is 4.74 Å². The van der Waals surface area contributed by atoms with E-state index in [0.717, 1.165) is 17.0 Å². The highest BCUT2D eigenvalue weighted by Crippen LogP contribution is 2.44. The van der Waals surface area contributed by atoms with Crippen LogP contribution in [0, 0.1) is 19.8 Å². The molecule has 2 unspecified atom stereocenters. The average molecular weight is 270 g/mol. The zero-order chi connectivity index (χ0) is 14.3. The molecule has 20 heavy (non-hydrogen) atoms. The number of benzene rings is 1. The average Bonchev–Trinajstić information content (AvgIpc) is 2.76. The minimum atomic E-state index is -0.596. The van der Waals surface area contributed by atoms with Crippen LogP contribution in [0.1, 0.15) is 23.9 Å². The normalized spacial score (nSPS) is 25.1. The molecule has 0 radical (unpaired) electrons. The number of cyclic esters (lactones) is 1. The Kier molecular flexibility index (Phi) is 2.89. The van der Waals surface area contributed by atoms with Crippen LogP contribution in [0.4, 0.5) is 0 Å². The molecule has 3 rings (SSSR count). The van der Waals surface area contributed by atoms with Crippen LogP contribution in [0.25, 0.3) is 0 Å². The van der Waals surface area contributed by atoms with E-state index >= 15 is 0 Å². The molecule has 2 atom stereocenters. The van der Waals surface area contributed by atoms with E-state index < -0.39 is 5.60 Å². The highest BCUT2D eigenvalue weighted by Gasteiger charge is 2.55. The van der Waals surface area contributed by atoms with Crippen molar-refractivity contribution in [3.63, 3.8) is 0 Å². The molecule has 4 nitrogen and oxygen atoms in total. The molecule has 1 aliphatic heterocycles. The van der Waals surface area contributed by atoms with Crippen molar-refractivity contribution in [3.05, 3.63) is 53.3 Å². The van der Waals surface area contributed by atoms with E-state index in [1.807, 2.05) is 61.9 Å². The van der Waals surface area contributed by atoms with Crippen molar-refractivity contribution in [2.45, 2.75) is 32.9 Å². The summed E-state index contributed by atoms with van der Waals surface area (Å²) >= 11 is 0. The second-order valence-electron chi connectivity index (χ2n) is 5.48. The summed E-state index contributed by atoms with van der Waals surface area (Å²) in [6.45, 7) is 6.47. The number of aromatic nitrogens is 2. The third kappa shape index (κ3) is 1.83. The highest BCUT2D eigenvalue weighted by molar-refractivity contribution is 5.80. The van der Waals surface area contributed by atoms with Gasteiger partial charge in [0, 0.05) is 5.69 Å². The van der Waals surface area contributed by atoms with Gasteiger partial charge in [0.1, 0.15) is 5.92 Å². The molecule has 0 bridgehead atoms. The molecule has 1 aromatic carbocycles. The van der Waals surface area contributed by atoms with E-state index in [2.05, 4.69) is 5.10 Å². The Hall–Kier alpha value is -2.10. The molecule has 0 N–H and O–H groups in total. The van der Waals surface area contributed by atoms with Gasteiger partial charge in [0.2, 0.25) is 0 Å². The van der Waals surface area contributed by atoms with E-state index in [1.54, 1.807) is 0 Å². The number of aryl methyl sites for hydroxylation is 2. The monoisotopic (exact) mass is 270 g/mol. The second-order valence-corrected chi connectivity index (χ2v) is 5.48. The molecule has 0 aliphatic carbocycles. The van der Waals surface area contributed by atoms with Gasteiger partial charge in [0.15, 0.2) is 5.60 Å². The topological polar surface area (TPSA) is 44.1 Å². The first kappa shape index (κ1) is 12.9. The quantitative estimate of drug-likeness (QED) is 0.805. The summed E-state index contributed by atoms with van der Waals surface area (Å²) in [5, 5.41) is 4.49. The van der Waals surface area contributed by atoms with Crippen LogP contribution in [0.2, 0.25) is 0 Å². The van der Waals surface area contributed by atoms with Gasteiger partial charge in [-0.3, -0.25) is 9.48 Å². The van der Waals surface area contributed by atoms with Crippen LogP contribution in [0.3, 0.4) is 0 Å². The van der Waals surface area contributed by atoms with Crippen LogP contribution in [0.5, 0.6) is 0 Å². The van der Waals surface area contributed by atoms with Crippen molar-refractivity contribution in [3.8, 4) is 0 Å². The lowest BCUT2D eigenvalue weighted by Crippen LogP contribution is -2.56. The fourth-order valence-electron chi connectivity index (χ4n) is 2.84. The summed E-state index contributed by atoms with van der Waals surface area (Å²) < 4.78 is 7.52. The van der Waals surface area contributed by atoms with Crippen molar-refractivity contribution in [1.29, 1.82) is 0 Å². The third-order valence-corrected chi connectivity index (χ3v) is 4.09. The Morgan fingerprint density at radius 1 is 1.30 bits per heavy atom. The Labute approximate surface area is 118 Å². The maximum atomic E-state index is 11.6. The van der Waals surface area contributed by atoms with Crippen molar-refractivity contribution in [2.24, 2.45) is 5.92 Å². The summed E-state index contributed by atoms with van der Waals surface area (Å²) in [6, 6.07) is 12.0. The van der Waals surface area contributed by atoms with Crippen molar-refractivity contribution in [1.82, 2.24) is 9.78 Å². The van der Waals surface area contributed by atoms with Crippen molar-refractivity contribution in [2.75, 3.05) is 0 Å². The fourth-order valence-corrected chi connectivity index (χ4v) is 2.84. The smallest absolute Gasteiger partial charge is 0.314 e. The zero-order valence-corrected chi connectivity index (χ0v) is 12.0. The molecule has 2 aromatic rings. The van der Waals surface area contributed by atoms with Gasteiger partial charge in [-0.15, -0.1) is 0 Å². The Bertz CT molecular complexity index is 648. The number of hydrogen-bond donors (Lipinski definition) is 0. The number of rotatable bonds is 3. The standard InChI is InChI=1S/C16H18N2O2/c1-11-9-12(2)18(17-11)10-16(13(3)15(19)20-16)14-7-5-4-6-8-14/h4-9,13H,10H2,1-3H3. The molecule has 1 aliphatic rings. The van der Waals surface area contributed by atoms with Gasteiger partial charge in [-0.2, -0.15) is 5.10 Å². The van der Waals surface area contributed by atoms with Gasteiger partial charge in [0.05, 0.1) is 12.2 Å². The van der Waals surface area contributed by atoms with Crippen molar-refractivity contribution < 1.29 is 9.53 Å². The van der Waals surface area contributed by atoms with E-state index in [0.29, 0.717) is 6.54 Å². The predicted molar refractivity (Wildman–Crippen MR) is 75.1 cm³/mol. The lowest BCUT2D eigenvalue weighted by molar-refractivity contribution is -0.218. The lowest BCUT2D eigenvalue weighted by atomic mass is 9.77. The molecular weight excluding hydrogens is 252 g/mol. The summed E-state index contributed by atoms with van der Waals surface area (Å²) in [4.78, 5) is 11.6. The van der Waals surface area contributed by atoms with Crippen LogP contribution >= 0.6 is 0 Å². The molecule has 1 aromatic heterocycles. The van der Waals surface area contributed by atoms with Crippen LogP contribution in [0.15, 0.2) is 36.4 Å². The Morgan fingerprint density at radius 3 is 2.50 bits per heavy atom. The Morgan fingerprint density at radius 2 is 2.00 bits per heavy atom. The van der Waals surface area contributed by atoms with Gasteiger partial charge in [-0.25, -0.2) is 0 Å². The Balaban J connectivity index is 2.00. The van der Waals surface area contributed by atoms with Crippen molar-refractivity contribution >= 4 is 5.97 Å². The molecule has 4 heteroatoms. The summed E-state index contributed by atoms with van der Waals surface area (Å²) in [6.07, 6.45) is 0. The molecule has 0 amide bonds. The van der Waals surface area contributed by atoms with E-state index in [4.69, 9.17) is 4.74 Å². The third-order valence-electron chi connectivity index (χ3n) is 4.09. The molecule has 0 saturated carbocycles. The van der Waals surface area contributed by atoms with E-state index in [-0.39, 0.29) is 11.9 Å². The van der Waals surface area contributed by atoms with E-state index in [1.165, 1.54) is 0 Å². The molecular formula is C16H18N2O2. The van der Waals surface area contributed by atoms with Crippen LogP contribution in [-0.4, -0.2) is 15.7 Å². The van der Waals surface area contributed by atoms with Gasteiger partial charge in [-0.1, -0.05) is 30.3 Å². The molecule has 1 fully saturated rings. The first-order valence-corrected chi connectivity index (χ1v) is 6.82. The van der Waals surface area contributed by atoms with E-state index in [9.17, 15) is 4.79 Å². The lowest BCUT2D eigenvalue weighted by Gasteiger charge is -2.46. The number of ether oxygens (including phenoxy) is 1. The van der Waals surface area contributed by atoms with Crippen LogP contribution < -0.4 is 0 Å². The number of carbonyl (C=O) groups is 1. The maximum Gasteiger partial charge on any atom is 0.314 e. The number of hydrogen-bond acceptors (Lipinski definition) is 3. The van der Waals surface area contributed by atoms with Gasteiger partial charge in [-0.05, 0) is 32.4 Å². The predicted octanol–water partition coefficient (Wildman–Crippen LogP) is 2.59. The number of nitrogens with zero attached hydrogens (tertiary/aromatic N) is 2. The summed E-state index contributed by atoms with van der Waals surface area (Å²) in [5.74, 6) is -0.302. The second kappa shape index (κ2) is 4.47. The first-order chi connectivity index (χ1) is 9.53. The maximum absolute atomic E-state index is 11.6. The molecule has 0 spiro atoms. The first-order valence-electron chi connectivity index (χ1n) is 6.82.